The van der Waals surface area contributed by atoms with E-state index in [1.165, 1.54) is 12.1 Å². The fourth-order valence-corrected chi connectivity index (χ4v) is 4.30. The summed E-state index contributed by atoms with van der Waals surface area (Å²) in [5.41, 5.74) is 0.851. The van der Waals surface area contributed by atoms with Gasteiger partial charge >= 0.3 is 6.01 Å². The third-order valence-corrected chi connectivity index (χ3v) is 6.24. The summed E-state index contributed by atoms with van der Waals surface area (Å²) >= 11 is 1.73. The van der Waals surface area contributed by atoms with E-state index in [1.54, 1.807) is 30.0 Å². The van der Waals surface area contributed by atoms with Crippen LogP contribution in [0.5, 0.6) is 0 Å². The van der Waals surface area contributed by atoms with Crippen LogP contribution in [0.4, 0.5) is 6.01 Å². The molecule has 2 aromatic carbocycles. The second-order valence-corrected chi connectivity index (χ2v) is 9.20. The summed E-state index contributed by atoms with van der Waals surface area (Å²) in [5, 5.41) is 9.90. The van der Waals surface area contributed by atoms with Crippen LogP contribution in [-0.4, -0.2) is 30.3 Å². The van der Waals surface area contributed by atoms with Gasteiger partial charge in [-0.25, -0.2) is 8.42 Å². The van der Waals surface area contributed by atoms with Crippen LogP contribution in [0.15, 0.2) is 68.8 Å². The van der Waals surface area contributed by atoms with E-state index in [-0.39, 0.29) is 29.1 Å². The van der Waals surface area contributed by atoms with E-state index >= 15 is 0 Å². The Morgan fingerprint density at radius 3 is 2.46 bits per heavy atom. The van der Waals surface area contributed by atoms with Crippen LogP contribution in [0.1, 0.15) is 18.4 Å². The maximum Gasteiger partial charge on any atom is 0.322 e. The SMILES string of the molecule is CCSc1ccc(CC(=O)Nc2nnc(CS(=O)(=O)c3ccccc3)o2)cc1. The molecule has 28 heavy (non-hydrogen) atoms. The van der Waals surface area contributed by atoms with Crippen molar-refractivity contribution in [2.75, 3.05) is 11.1 Å². The molecule has 3 rings (SSSR count). The Labute approximate surface area is 167 Å². The quantitative estimate of drug-likeness (QED) is 0.561. The Morgan fingerprint density at radius 1 is 1.07 bits per heavy atom. The van der Waals surface area contributed by atoms with E-state index in [0.29, 0.717) is 0 Å². The van der Waals surface area contributed by atoms with Crippen molar-refractivity contribution in [3.63, 3.8) is 0 Å². The number of benzene rings is 2. The molecule has 0 spiro atoms. The molecular weight excluding hydrogens is 398 g/mol. The second kappa shape index (κ2) is 9.03. The van der Waals surface area contributed by atoms with E-state index in [0.717, 1.165) is 16.2 Å². The van der Waals surface area contributed by atoms with Gasteiger partial charge in [-0.1, -0.05) is 42.4 Å². The maximum absolute atomic E-state index is 12.3. The predicted molar refractivity (Wildman–Crippen MR) is 107 cm³/mol. The van der Waals surface area contributed by atoms with E-state index in [4.69, 9.17) is 4.42 Å². The van der Waals surface area contributed by atoms with Crippen molar-refractivity contribution in [3.8, 4) is 0 Å². The Balaban J connectivity index is 1.59. The highest BCUT2D eigenvalue weighted by atomic mass is 32.2. The zero-order valence-corrected chi connectivity index (χ0v) is 16.8. The molecule has 0 aliphatic carbocycles. The molecular formula is C19H19N3O4S2. The minimum Gasteiger partial charge on any atom is -0.407 e. The standard InChI is InChI=1S/C19H19N3O4S2/c1-2-27-15-10-8-14(9-11-15)12-17(23)20-19-22-21-18(26-19)13-28(24,25)16-6-4-3-5-7-16/h3-11H,2,12-13H2,1H3,(H,20,22,23). The number of carbonyl (C=O) groups is 1. The molecule has 0 aliphatic rings. The van der Waals surface area contributed by atoms with E-state index < -0.39 is 15.6 Å². The fraction of sp³-hybridized carbons (Fsp3) is 0.211. The monoisotopic (exact) mass is 417 g/mol. The summed E-state index contributed by atoms with van der Waals surface area (Å²) in [4.78, 5) is 13.5. The molecule has 7 nitrogen and oxygen atoms in total. The number of amides is 1. The van der Waals surface area contributed by atoms with Gasteiger partial charge in [0.2, 0.25) is 11.8 Å². The third kappa shape index (κ3) is 5.43. The van der Waals surface area contributed by atoms with E-state index in [2.05, 4.69) is 22.4 Å². The number of hydrogen-bond donors (Lipinski definition) is 1. The smallest absolute Gasteiger partial charge is 0.322 e. The summed E-state index contributed by atoms with van der Waals surface area (Å²) in [6.45, 7) is 2.08. The lowest BCUT2D eigenvalue weighted by Crippen LogP contribution is -2.14. The lowest BCUT2D eigenvalue weighted by molar-refractivity contribution is -0.115. The zero-order chi connectivity index (χ0) is 20.0. The molecule has 0 saturated heterocycles. The Kier molecular flexibility index (Phi) is 6.48. The van der Waals surface area contributed by atoms with E-state index in [9.17, 15) is 13.2 Å². The van der Waals surface area contributed by atoms with Crippen molar-refractivity contribution in [3.05, 3.63) is 66.1 Å². The molecule has 0 unspecified atom stereocenters. The summed E-state index contributed by atoms with van der Waals surface area (Å²) in [7, 11) is -3.60. The van der Waals surface area contributed by atoms with Crippen molar-refractivity contribution in [2.45, 2.75) is 28.9 Å². The molecule has 1 N–H and O–H groups in total. The summed E-state index contributed by atoms with van der Waals surface area (Å²) < 4.78 is 29.9. The minimum atomic E-state index is -3.60. The molecule has 146 valence electrons. The van der Waals surface area contributed by atoms with Crippen molar-refractivity contribution < 1.29 is 17.6 Å². The normalized spacial score (nSPS) is 11.3. The van der Waals surface area contributed by atoms with Gasteiger partial charge in [0.15, 0.2) is 9.84 Å². The topological polar surface area (TPSA) is 102 Å². The van der Waals surface area contributed by atoms with Crippen molar-refractivity contribution in [2.24, 2.45) is 0 Å². The number of thioether (sulfide) groups is 1. The molecule has 3 aromatic rings. The molecule has 0 bridgehead atoms. The summed E-state index contributed by atoms with van der Waals surface area (Å²) in [6.07, 6.45) is 0.150. The molecule has 0 radical (unpaired) electrons. The van der Waals surface area contributed by atoms with Gasteiger partial charge in [-0.2, -0.15) is 0 Å². The van der Waals surface area contributed by atoms with Crippen LogP contribution in [-0.2, 0) is 26.8 Å². The lowest BCUT2D eigenvalue weighted by atomic mass is 10.1. The molecule has 1 amide bonds. The molecule has 0 saturated carbocycles. The third-order valence-electron chi connectivity index (χ3n) is 3.73. The van der Waals surface area contributed by atoms with Gasteiger partial charge in [-0.3, -0.25) is 10.1 Å². The Bertz CT molecular complexity index is 1030. The highest BCUT2D eigenvalue weighted by Gasteiger charge is 2.20. The summed E-state index contributed by atoms with van der Waals surface area (Å²) in [5.74, 6) is 0.146. The van der Waals surface area contributed by atoms with Crippen LogP contribution in [0.2, 0.25) is 0 Å². The number of carbonyl (C=O) groups excluding carboxylic acids is 1. The van der Waals surface area contributed by atoms with Gasteiger partial charge in [0.1, 0.15) is 5.75 Å². The Morgan fingerprint density at radius 2 is 1.79 bits per heavy atom. The average Bonchev–Trinajstić information content (AvgIpc) is 3.10. The second-order valence-electron chi connectivity index (χ2n) is 5.88. The number of sulfone groups is 1. The molecule has 0 atom stereocenters. The van der Waals surface area contributed by atoms with Crippen LogP contribution in [0.3, 0.4) is 0 Å². The first kappa shape index (κ1) is 20.1. The number of rotatable bonds is 8. The largest absolute Gasteiger partial charge is 0.407 e. The van der Waals surface area contributed by atoms with E-state index in [1.807, 2.05) is 24.3 Å². The number of nitrogens with zero attached hydrogens (tertiary/aromatic N) is 2. The van der Waals surface area contributed by atoms with Crippen LogP contribution in [0.25, 0.3) is 0 Å². The molecule has 0 aliphatic heterocycles. The highest BCUT2D eigenvalue weighted by molar-refractivity contribution is 7.99. The van der Waals surface area contributed by atoms with Gasteiger partial charge in [0.05, 0.1) is 11.3 Å². The van der Waals surface area contributed by atoms with Crippen LogP contribution < -0.4 is 5.32 Å². The first-order valence-electron chi connectivity index (χ1n) is 8.58. The molecule has 1 heterocycles. The van der Waals surface area contributed by atoms with Crippen LogP contribution >= 0.6 is 11.8 Å². The average molecular weight is 418 g/mol. The highest BCUT2D eigenvalue weighted by Crippen LogP contribution is 2.19. The Hall–Kier alpha value is -2.65. The van der Waals surface area contributed by atoms with Crippen molar-refractivity contribution in [1.82, 2.24) is 10.2 Å². The van der Waals surface area contributed by atoms with Gasteiger partial charge in [-0.05, 0) is 35.6 Å². The summed E-state index contributed by atoms with van der Waals surface area (Å²) in [6, 6.07) is 15.6. The van der Waals surface area contributed by atoms with Gasteiger partial charge in [0.25, 0.3) is 0 Å². The molecule has 9 heteroatoms. The number of aromatic nitrogens is 2. The molecule has 0 fully saturated rings. The predicted octanol–water partition coefficient (Wildman–Crippen LogP) is 3.34. The van der Waals surface area contributed by atoms with Crippen molar-refractivity contribution >= 4 is 33.5 Å². The van der Waals surface area contributed by atoms with Gasteiger partial charge in [0, 0.05) is 4.90 Å². The van der Waals surface area contributed by atoms with Gasteiger partial charge in [-0.15, -0.1) is 16.9 Å². The maximum atomic E-state index is 12.3. The number of nitrogens with one attached hydrogen (secondary N) is 1. The minimum absolute atomic E-state index is 0.0832. The first-order chi connectivity index (χ1) is 13.5. The number of hydrogen-bond acceptors (Lipinski definition) is 7. The fourth-order valence-electron chi connectivity index (χ4n) is 2.46. The number of anilines is 1. The van der Waals surface area contributed by atoms with Crippen LogP contribution in [0, 0.1) is 0 Å². The lowest BCUT2D eigenvalue weighted by Gasteiger charge is -2.03. The zero-order valence-electron chi connectivity index (χ0n) is 15.2. The molecule has 1 aromatic heterocycles. The first-order valence-corrected chi connectivity index (χ1v) is 11.2. The van der Waals surface area contributed by atoms with Gasteiger partial charge < -0.3 is 4.42 Å². The van der Waals surface area contributed by atoms with Crippen molar-refractivity contribution in [1.29, 1.82) is 0 Å².